The van der Waals surface area contributed by atoms with Crippen molar-refractivity contribution in [2.24, 2.45) is 0 Å². The number of carbonyl (C=O) groups excluding carboxylic acids is 1. The van der Waals surface area contributed by atoms with Gasteiger partial charge in [-0.1, -0.05) is 0 Å². The third kappa shape index (κ3) is 3.20. The Labute approximate surface area is 124 Å². The highest BCUT2D eigenvalue weighted by molar-refractivity contribution is 7.13. The number of carbonyl (C=O) groups is 1. The van der Waals surface area contributed by atoms with Gasteiger partial charge in [-0.2, -0.15) is 5.10 Å². The van der Waals surface area contributed by atoms with E-state index >= 15 is 0 Å². The fourth-order valence-electron chi connectivity index (χ4n) is 2.06. The third-order valence-electron chi connectivity index (χ3n) is 3.06. The normalized spacial score (nSPS) is 19.3. The molecule has 2 amide bonds. The SMILES string of the molecule is O=C(Nc1cn[nH]c1-c1nccs1)N1CCOCC(O)C1. The molecule has 8 nitrogen and oxygen atoms in total. The van der Waals surface area contributed by atoms with E-state index in [1.165, 1.54) is 16.2 Å². The van der Waals surface area contributed by atoms with E-state index < -0.39 is 6.10 Å². The number of nitrogens with zero attached hydrogens (tertiary/aromatic N) is 3. The number of nitrogens with one attached hydrogen (secondary N) is 2. The van der Waals surface area contributed by atoms with Crippen molar-refractivity contribution in [3.8, 4) is 10.7 Å². The number of hydrogen-bond acceptors (Lipinski definition) is 6. The van der Waals surface area contributed by atoms with Crippen LogP contribution in [0.3, 0.4) is 0 Å². The van der Waals surface area contributed by atoms with Gasteiger partial charge in [-0.3, -0.25) is 5.10 Å². The van der Waals surface area contributed by atoms with Gasteiger partial charge in [0.2, 0.25) is 0 Å². The molecule has 0 saturated carbocycles. The van der Waals surface area contributed by atoms with Crippen LogP contribution in [0.25, 0.3) is 10.7 Å². The molecule has 1 aliphatic rings. The summed E-state index contributed by atoms with van der Waals surface area (Å²) in [6, 6.07) is -0.293. The van der Waals surface area contributed by atoms with Crippen molar-refractivity contribution in [3.05, 3.63) is 17.8 Å². The van der Waals surface area contributed by atoms with Crippen LogP contribution in [0, 0.1) is 0 Å². The molecular formula is C12H15N5O3S. The Morgan fingerprint density at radius 2 is 2.52 bits per heavy atom. The predicted molar refractivity (Wildman–Crippen MR) is 77.1 cm³/mol. The van der Waals surface area contributed by atoms with Crippen LogP contribution in [-0.2, 0) is 4.74 Å². The van der Waals surface area contributed by atoms with Crippen LogP contribution in [0.15, 0.2) is 17.8 Å². The highest BCUT2D eigenvalue weighted by Crippen LogP contribution is 2.27. The zero-order chi connectivity index (χ0) is 14.7. The summed E-state index contributed by atoms with van der Waals surface area (Å²) in [7, 11) is 0. The van der Waals surface area contributed by atoms with Gasteiger partial charge in [0.1, 0.15) is 10.7 Å². The molecule has 1 atom stereocenters. The fourth-order valence-corrected chi connectivity index (χ4v) is 2.71. The van der Waals surface area contributed by atoms with E-state index in [4.69, 9.17) is 4.74 Å². The topological polar surface area (TPSA) is 103 Å². The largest absolute Gasteiger partial charge is 0.389 e. The van der Waals surface area contributed by atoms with Gasteiger partial charge in [-0.15, -0.1) is 11.3 Å². The van der Waals surface area contributed by atoms with E-state index in [0.29, 0.717) is 24.5 Å². The van der Waals surface area contributed by atoms with Gasteiger partial charge in [0.15, 0.2) is 0 Å². The molecule has 1 fully saturated rings. The van der Waals surface area contributed by atoms with Crippen molar-refractivity contribution in [2.75, 3.05) is 31.6 Å². The summed E-state index contributed by atoms with van der Waals surface area (Å²) in [4.78, 5) is 18.0. The molecule has 9 heteroatoms. The average molecular weight is 309 g/mol. The number of β-amino-alcohol motifs (C(OH)–C–C–N with tert-alkyl or cyclic N) is 1. The number of urea groups is 1. The summed E-state index contributed by atoms with van der Waals surface area (Å²) in [6.45, 7) is 1.35. The maximum Gasteiger partial charge on any atom is 0.322 e. The number of thiazole rings is 1. The first-order valence-corrected chi connectivity index (χ1v) is 7.37. The minimum atomic E-state index is -0.666. The summed E-state index contributed by atoms with van der Waals surface area (Å²) >= 11 is 1.45. The molecule has 3 rings (SSSR count). The predicted octanol–water partition coefficient (Wildman–Crippen LogP) is 0.758. The summed E-state index contributed by atoms with van der Waals surface area (Å²) in [5.41, 5.74) is 1.24. The molecular weight excluding hydrogens is 294 g/mol. The number of aromatic nitrogens is 3. The minimum absolute atomic E-state index is 0.246. The van der Waals surface area contributed by atoms with E-state index in [1.54, 1.807) is 12.4 Å². The van der Waals surface area contributed by atoms with Crippen molar-refractivity contribution in [1.29, 1.82) is 0 Å². The second-order valence-electron chi connectivity index (χ2n) is 4.60. The zero-order valence-corrected chi connectivity index (χ0v) is 12.0. The van der Waals surface area contributed by atoms with Crippen LogP contribution in [0.1, 0.15) is 0 Å². The highest BCUT2D eigenvalue weighted by Gasteiger charge is 2.22. The molecule has 0 bridgehead atoms. The first-order valence-electron chi connectivity index (χ1n) is 6.49. The molecule has 1 saturated heterocycles. The summed E-state index contributed by atoms with van der Waals surface area (Å²) in [5, 5.41) is 21.8. The lowest BCUT2D eigenvalue weighted by Gasteiger charge is -2.21. The smallest absolute Gasteiger partial charge is 0.322 e. The Kier molecular flexibility index (Phi) is 4.13. The molecule has 1 unspecified atom stereocenters. The zero-order valence-electron chi connectivity index (χ0n) is 11.2. The van der Waals surface area contributed by atoms with E-state index in [0.717, 1.165) is 5.01 Å². The molecule has 3 N–H and O–H groups in total. The summed E-state index contributed by atoms with van der Waals surface area (Å²) in [6.07, 6.45) is 2.56. The Morgan fingerprint density at radius 3 is 3.33 bits per heavy atom. The van der Waals surface area contributed by atoms with Crippen molar-refractivity contribution in [2.45, 2.75) is 6.10 Å². The van der Waals surface area contributed by atoms with Crippen molar-refractivity contribution in [1.82, 2.24) is 20.1 Å². The first-order chi connectivity index (χ1) is 10.2. The Bertz CT molecular complexity index is 600. The standard InChI is InChI=1S/C12H15N5O3S/c18-8-6-17(2-3-20-7-8)12(19)15-9-5-14-16-10(9)11-13-1-4-21-11/h1,4-5,8,18H,2-3,6-7H2,(H,14,16)(H,15,19). The van der Waals surface area contributed by atoms with Gasteiger partial charge < -0.3 is 20.1 Å². The highest BCUT2D eigenvalue weighted by atomic mass is 32.1. The molecule has 21 heavy (non-hydrogen) atoms. The van der Waals surface area contributed by atoms with Gasteiger partial charge in [-0.25, -0.2) is 9.78 Å². The average Bonchev–Trinajstić information content (AvgIpc) is 3.08. The van der Waals surface area contributed by atoms with Crippen LogP contribution < -0.4 is 5.32 Å². The Morgan fingerprint density at radius 1 is 1.62 bits per heavy atom. The number of aliphatic hydroxyl groups is 1. The van der Waals surface area contributed by atoms with Crippen LogP contribution in [0.2, 0.25) is 0 Å². The molecule has 2 aromatic rings. The number of hydrogen-bond donors (Lipinski definition) is 3. The van der Waals surface area contributed by atoms with Gasteiger partial charge in [0.25, 0.3) is 0 Å². The van der Waals surface area contributed by atoms with Crippen LogP contribution in [0.5, 0.6) is 0 Å². The molecule has 1 aliphatic heterocycles. The van der Waals surface area contributed by atoms with E-state index in [1.807, 2.05) is 5.38 Å². The molecule has 112 valence electrons. The van der Waals surface area contributed by atoms with E-state index in [2.05, 4.69) is 20.5 Å². The van der Waals surface area contributed by atoms with Gasteiger partial charge in [0, 0.05) is 18.1 Å². The molecule has 2 aromatic heterocycles. The summed E-state index contributed by atoms with van der Waals surface area (Å²) < 4.78 is 5.21. The van der Waals surface area contributed by atoms with Crippen molar-refractivity contribution >= 4 is 23.1 Å². The van der Waals surface area contributed by atoms with E-state index in [-0.39, 0.29) is 19.2 Å². The number of rotatable bonds is 2. The number of aromatic amines is 1. The molecule has 0 aromatic carbocycles. The molecule has 0 spiro atoms. The minimum Gasteiger partial charge on any atom is -0.389 e. The van der Waals surface area contributed by atoms with E-state index in [9.17, 15) is 9.90 Å². The molecule has 3 heterocycles. The second kappa shape index (κ2) is 6.20. The maximum atomic E-state index is 12.3. The van der Waals surface area contributed by atoms with Crippen molar-refractivity contribution < 1.29 is 14.6 Å². The van der Waals surface area contributed by atoms with Crippen LogP contribution in [0.4, 0.5) is 10.5 Å². The quantitative estimate of drug-likeness (QED) is 0.760. The lowest BCUT2D eigenvalue weighted by molar-refractivity contribution is 0.0575. The molecule has 0 radical (unpaired) electrons. The monoisotopic (exact) mass is 309 g/mol. The van der Waals surface area contributed by atoms with Crippen LogP contribution in [-0.4, -0.2) is 63.6 Å². The maximum absolute atomic E-state index is 12.3. The number of ether oxygens (including phenoxy) is 1. The number of H-pyrrole nitrogens is 1. The Balaban J connectivity index is 1.72. The van der Waals surface area contributed by atoms with Gasteiger partial charge >= 0.3 is 6.03 Å². The number of amides is 2. The third-order valence-corrected chi connectivity index (χ3v) is 3.85. The first kappa shape index (κ1) is 14.0. The summed E-state index contributed by atoms with van der Waals surface area (Å²) in [5.74, 6) is 0. The number of anilines is 1. The van der Waals surface area contributed by atoms with Crippen LogP contribution >= 0.6 is 11.3 Å². The van der Waals surface area contributed by atoms with Gasteiger partial charge in [-0.05, 0) is 0 Å². The lowest BCUT2D eigenvalue weighted by Crippen LogP contribution is -2.40. The number of aliphatic hydroxyl groups excluding tert-OH is 1. The van der Waals surface area contributed by atoms with Gasteiger partial charge in [0.05, 0.1) is 37.7 Å². The molecule has 0 aliphatic carbocycles. The second-order valence-corrected chi connectivity index (χ2v) is 5.50. The Hall–Kier alpha value is -1.97. The lowest BCUT2D eigenvalue weighted by atomic mass is 10.3. The van der Waals surface area contributed by atoms with Crippen molar-refractivity contribution in [3.63, 3.8) is 0 Å². The fraction of sp³-hybridized carbons (Fsp3) is 0.417.